The van der Waals surface area contributed by atoms with Gasteiger partial charge in [0.15, 0.2) is 5.76 Å². The van der Waals surface area contributed by atoms with Gasteiger partial charge in [0.2, 0.25) is 10.0 Å². The highest BCUT2D eigenvalue weighted by atomic mass is 32.2. The Bertz CT molecular complexity index is 896. The highest BCUT2D eigenvalue weighted by Crippen LogP contribution is 2.26. The number of hydrogen-bond acceptors (Lipinski definition) is 4. The van der Waals surface area contributed by atoms with Gasteiger partial charge in [-0.3, -0.25) is 4.79 Å². The molecule has 1 aliphatic rings. The fourth-order valence-corrected chi connectivity index (χ4v) is 4.87. The average Bonchev–Trinajstić information content (AvgIpc) is 3.26. The Morgan fingerprint density at radius 2 is 1.88 bits per heavy atom. The topological polar surface area (TPSA) is 79.6 Å². The highest BCUT2D eigenvalue weighted by Gasteiger charge is 2.31. The molecular weight excluding hydrogens is 352 g/mol. The molecule has 26 heavy (non-hydrogen) atoms. The van der Waals surface area contributed by atoms with Gasteiger partial charge in [-0.2, -0.15) is 4.31 Å². The van der Waals surface area contributed by atoms with Crippen molar-refractivity contribution in [2.75, 3.05) is 19.6 Å². The molecule has 1 N–H and O–H groups in total. The molecule has 1 aliphatic heterocycles. The van der Waals surface area contributed by atoms with Crippen LogP contribution < -0.4 is 5.32 Å². The van der Waals surface area contributed by atoms with E-state index in [-0.39, 0.29) is 16.4 Å². The second-order valence-electron chi connectivity index (χ2n) is 6.57. The van der Waals surface area contributed by atoms with E-state index in [0.29, 0.717) is 26.1 Å². The van der Waals surface area contributed by atoms with E-state index in [0.717, 1.165) is 12.8 Å². The number of nitrogens with one attached hydrogen (secondary N) is 1. The lowest BCUT2D eigenvalue weighted by atomic mass is 10.1. The molecule has 1 saturated heterocycles. The van der Waals surface area contributed by atoms with Crippen molar-refractivity contribution in [3.05, 3.63) is 53.0 Å². The third-order valence-electron chi connectivity index (χ3n) is 4.72. The van der Waals surface area contributed by atoms with Crippen LogP contribution in [0.25, 0.3) is 0 Å². The van der Waals surface area contributed by atoms with Crippen LogP contribution in [0.15, 0.2) is 39.6 Å². The molecule has 0 bridgehead atoms. The Balaban J connectivity index is 1.66. The molecular formula is C19H24N2O4S. The SMILES string of the molecule is Cc1ccccc1CCNC(=O)c1cc(S(=O)(=O)N2CCCC2)c(C)o1. The average molecular weight is 376 g/mol. The van der Waals surface area contributed by atoms with Gasteiger partial charge < -0.3 is 9.73 Å². The smallest absolute Gasteiger partial charge is 0.287 e. The van der Waals surface area contributed by atoms with Gasteiger partial charge in [0, 0.05) is 25.7 Å². The van der Waals surface area contributed by atoms with Gasteiger partial charge in [-0.25, -0.2) is 8.42 Å². The maximum absolute atomic E-state index is 12.7. The zero-order valence-electron chi connectivity index (χ0n) is 15.1. The van der Waals surface area contributed by atoms with Crippen molar-refractivity contribution in [2.24, 2.45) is 0 Å². The minimum atomic E-state index is -3.59. The molecule has 1 aromatic heterocycles. The first kappa shape index (κ1) is 18.7. The molecule has 0 radical (unpaired) electrons. The van der Waals surface area contributed by atoms with E-state index in [1.54, 1.807) is 6.92 Å². The van der Waals surface area contributed by atoms with E-state index >= 15 is 0 Å². The second kappa shape index (κ2) is 7.63. The van der Waals surface area contributed by atoms with Crippen molar-refractivity contribution >= 4 is 15.9 Å². The van der Waals surface area contributed by atoms with Crippen molar-refractivity contribution in [2.45, 2.75) is 38.0 Å². The Labute approximate surface area is 154 Å². The van der Waals surface area contributed by atoms with E-state index < -0.39 is 15.9 Å². The van der Waals surface area contributed by atoms with Gasteiger partial charge in [-0.1, -0.05) is 24.3 Å². The Morgan fingerprint density at radius 3 is 2.58 bits per heavy atom. The first-order valence-corrected chi connectivity index (χ1v) is 10.3. The van der Waals surface area contributed by atoms with Crippen LogP contribution in [-0.2, 0) is 16.4 Å². The number of carbonyl (C=O) groups excluding carboxylic acids is 1. The van der Waals surface area contributed by atoms with Crippen LogP contribution in [0.2, 0.25) is 0 Å². The van der Waals surface area contributed by atoms with Gasteiger partial charge in [-0.15, -0.1) is 0 Å². The van der Waals surface area contributed by atoms with Gasteiger partial charge >= 0.3 is 0 Å². The van der Waals surface area contributed by atoms with Crippen molar-refractivity contribution in [1.29, 1.82) is 0 Å². The van der Waals surface area contributed by atoms with Gasteiger partial charge in [-0.05, 0) is 44.2 Å². The molecule has 1 aromatic carbocycles. The molecule has 1 fully saturated rings. The molecule has 1 amide bonds. The standard InChI is InChI=1S/C19H24N2O4S/c1-14-7-3-4-8-16(14)9-10-20-19(22)17-13-18(15(2)25-17)26(23,24)21-11-5-6-12-21/h3-4,7-8,13H,5-6,9-12H2,1-2H3,(H,20,22). The van der Waals surface area contributed by atoms with Gasteiger partial charge in [0.25, 0.3) is 5.91 Å². The van der Waals surface area contributed by atoms with Gasteiger partial charge in [0.1, 0.15) is 10.7 Å². The maximum Gasteiger partial charge on any atom is 0.287 e. The quantitative estimate of drug-likeness (QED) is 0.841. The Kier molecular flexibility index (Phi) is 5.48. The number of furan rings is 1. The lowest BCUT2D eigenvalue weighted by Gasteiger charge is -2.14. The van der Waals surface area contributed by atoms with Crippen LogP contribution in [-0.4, -0.2) is 38.3 Å². The molecule has 2 aromatic rings. The molecule has 140 valence electrons. The van der Waals surface area contributed by atoms with E-state index in [2.05, 4.69) is 5.32 Å². The molecule has 0 unspecified atom stereocenters. The molecule has 0 atom stereocenters. The Hall–Kier alpha value is -2.12. The summed E-state index contributed by atoms with van der Waals surface area (Å²) in [5.74, 6) is -0.115. The van der Waals surface area contributed by atoms with Crippen LogP contribution in [0.5, 0.6) is 0 Å². The molecule has 2 heterocycles. The monoisotopic (exact) mass is 376 g/mol. The summed E-state index contributed by atoms with van der Waals surface area (Å²) in [5.41, 5.74) is 2.34. The zero-order valence-corrected chi connectivity index (χ0v) is 15.9. The summed E-state index contributed by atoms with van der Waals surface area (Å²) in [6.45, 7) is 5.10. The van der Waals surface area contributed by atoms with Crippen LogP contribution in [0.3, 0.4) is 0 Å². The van der Waals surface area contributed by atoms with Crippen molar-refractivity contribution in [1.82, 2.24) is 9.62 Å². The number of rotatable bonds is 6. The highest BCUT2D eigenvalue weighted by molar-refractivity contribution is 7.89. The first-order valence-electron chi connectivity index (χ1n) is 8.83. The number of benzene rings is 1. The third-order valence-corrected chi connectivity index (χ3v) is 6.73. The number of amides is 1. The number of carbonyl (C=O) groups is 1. The molecule has 6 nitrogen and oxygen atoms in total. The lowest BCUT2D eigenvalue weighted by molar-refractivity contribution is 0.0925. The number of aryl methyl sites for hydroxylation is 2. The largest absolute Gasteiger partial charge is 0.455 e. The number of hydrogen-bond donors (Lipinski definition) is 1. The van der Waals surface area contributed by atoms with E-state index in [1.807, 2.05) is 31.2 Å². The number of nitrogens with zero attached hydrogens (tertiary/aromatic N) is 1. The number of sulfonamides is 1. The summed E-state index contributed by atoms with van der Waals surface area (Å²) < 4.78 is 32.2. The van der Waals surface area contributed by atoms with Crippen LogP contribution in [0.1, 0.15) is 40.3 Å². The molecule has 0 spiro atoms. The minimum Gasteiger partial charge on any atom is -0.455 e. The lowest BCUT2D eigenvalue weighted by Crippen LogP contribution is -2.28. The molecule has 0 aliphatic carbocycles. The summed E-state index contributed by atoms with van der Waals surface area (Å²) in [6.07, 6.45) is 2.43. The van der Waals surface area contributed by atoms with Crippen LogP contribution >= 0.6 is 0 Å². The van der Waals surface area contributed by atoms with Crippen LogP contribution in [0.4, 0.5) is 0 Å². The summed E-state index contributed by atoms with van der Waals surface area (Å²) in [7, 11) is -3.59. The van der Waals surface area contributed by atoms with Crippen molar-refractivity contribution in [3.63, 3.8) is 0 Å². The summed E-state index contributed by atoms with van der Waals surface area (Å²) in [6, 6.07) is 9.34. The molecule has 7 heteroatoms. The predicted octanol–water partition coefficient (Wildman–Crippen LogP) is 2.65. The van der Waals surface area contributed by atoms with E-state index in [9.17, 15) is 13.2 Å². The predicted molar refractivity (Wildman–Crippen MR) is 98.7 cm³/mol. The molecule has 0 saturated carbocycles. The van der Waals surface area contributed by atoms with Crippen molar-refractivity contribution in [3.8, 4) is 0 Å². The van der Waals surface area contributed by atoms with Crippen LogP contribution in [0, 0.1) is 13.8 Å². The summed E-state index contributed by atoms with van der Waals surface area (Å²) in [4.78, 5) is 12.4. The fourth-order valence-electron chi connectivity index (χ4n) is 3.19. The first-order chi connectivity index (χ1) is 12.4. The third kappa shape index (κ3) is 3.83. The maximum atomic E-state index is 12.7. The molecule has 3 rings (SSSR count). The zero-order chi connectivity index (χ0) is 18.7. The Morgan fingerprint density at radius 1 is 1.19 bits per heavy atom. The second-order valence-corrected chi connectivity index (χ2v) is 8.48. The summed E-state index contributed by atoms with van der Waals surface area (Å²) in [5, 5.41) is 2.80. The minimum absolute atomic E-state index is 0.0325. The van der Waals surface area contributed by atoms with Gasteiger partial charge in [0.05, 0.1) is 0 Å². The normalized spacial score (nSPS) is 15.3. The fraction of sp³-hybridized carbons (Fsp3) is 0.421. The van der Waals surface area contributed by atoms with Crippen molar-refractivity contribution < 1.29 is 17.6 Å². The van der Waals surface area contributed by atoms with E-state index in [1.165, 1.54) is 21.5 Å². The van der Waals surface area contributed by atoms with E-state index in [4.69, 9.17) is 4.42 Å². The summed E-state index contributed by atoms with van der Waals surface area (Å²) >= 11 is 0.